The summed E-state index contributed by atoms with van der Waals surface area (Å²) in [5, 5.41) is 10.6. The van der Waals surface area contributed by atoms with Crippen LogP contribution in [0.15, 0.2) is 18.2 Å². The van der Waals surface area contributed by atoms with Crippen LogP contribution < -0.4 is 0 Å². The van der Waals surface area contributed by atoms with E-state index in [-0.39, 0.29) is 0 Å². The first-order chi connectivity index (χ1) is 17.6. The van der Waals surface area contributed by atoms with E-state index in [4.69, 9.17) is 24.3 Å². The zero-order chi connectivity index (χ0) is 24.4. The Kier molecular flexibility index (Phi) is 7.55. The van der Waals surface area contributed by atoms with E-state index in [2.05, 4.69) is 21.9 Å². The fourth-order valence-corrected chi connectivity index (χ4v) is 6.76. The summed E-state index contributed by atoms with van der Waals surface area (Å²) in [5.74, 6) is -0.674. The first-order valence-corrected chi connectivity index (χ1v) is 14.2. The Morgan fingerprint density at radius 2 is 1.42 bits per heavy atom. The molecule has 0 atom stereocenters. The average Bonchev–Trinajstić information content (AvgIpc) is 2.94. The molecule has 0 amide bonds. The summed E-state index contributed by atoms with van der Waals surface area (Å²) in [7, 11) is 0. The van der Waals surface area contributed by atoms with E-state index in [1.54, 1.807) is 0 Å². The van der Waals surface area contributed by atoms with Crippen LogP contribution in [0.1, 0.15) is 87.7 Å². The molecule has 1 aromatic carbocycles. The number of aromatic hydroxyl groups is 1. The molecule has 0 bridgehead atoms. The average molecular weight is 503 g/mol. The number of hydrogen-bond donors (Lipinski definition) is 1. The maximum Gasteiger partial charge on any atom is 0.234 e. The van der Waals surface area contributed by atoms with E-state index in [1.807, 2.05) is 6.07 Å². The molecule has 8 heteroatoms. The van der Waals surface area contributed by atoms with E-state index in [1.165, 1.54) is 24.8 Å². The Labute approximate surface area is 214 Å². The summed E-state index contributed by atoms with van der Waals surface area (Å²) in [5.41, 5.74) is 2.33. The molecule has 5 aliphatic rings. The maximum absolute atomic E-state index is 10.6. The van der Waals surface area contributed by atoms with Crippen LogP contribution in [-0.2, 0) is 30.8 Å². The number of nitrogens with zero attached hydrogens (tertiary/aromatic N) is 2. The van der Waals surface area contributed by atoms with Gasteiger partial charge in [0.2, 0.25) is 11.6 Å². The van der Waals surface area contributed by atoms with Gasteiger partial charge in [0, 0.05) is 56.9 Å². The van der Waals surface area contributed by atoms with Gasteiger partial charge in [-0.1, -0.05) is 18.6 Å². The van der Waals surface area contributed by atoms with Gasteiger partial charge in [0.05, 0.1) is 13.2 Å². The van der Waals surface area contributed by atoms with Crippen molar-refractivity contribution in [1.82, 2.24) is 9.80 Å². The second kappa shape index (κ2) is 10.8. The summed E-state index contributed by atoms with van der Waals surface area (Å²) in [4.78, 5) is 28.5. The Morgan fingerprint density at radius 1 is 0.778 bits per heavy atom. The smallest absolute Gasteiger partial charge is 0.234 e. The third-order valence-electron chi connectivity index (χ3n) is 9.14. The van der Waals surface area contributed by atoms with Gasteiger partial charge in [0.1, 0.15) is 5.75 Å². The van der Waals surface area contributed by atoms with Crippen LogP contribution in [0.4, 0.5) is 0 Å². The van der Waals surface area contributed by atoms with Crippen molar-refractivity contribution in [1.29, 1.82) is 0 Å². The molecule has 0 aromatic heterocycles. The highest BCUT2D eigenvalue weighted by Gasteiger charge is 2.50. The Hall–Kier alpha value is -1.26. The fraction of sp³-hybridized carbons (Fsp3) is 0.786. The number of likely N-dealkylation sites (tertiary alicyclic amines) is 1. The summed E-state index contributed by atoms with van der Waals surface area (Å²) in [6.07, 6.45) is 10.8. The normalized spacial score (nSPS) is 28.6. The first-order valence-electron chi connectivity index (χ1n) is 14.2. The Morgan fingerprint density at radius 3 is 2.08 bits per heavy atom. The van der Waals surface area contributed by atoms with Crippen molar-refractivity contribution in [3.05, 3.63) is 29.3 Å². The van der Waals surface area contributed by atoms with E-state index in [0.29, 0.717) is 17.7 Å². The number of piperidine rings is 1. The van der Waals surface area contributed by atoms with Crippen LogP contribution >= 0.6 is 0 Å². The SMILES string of the molecule is Oc1ccc(C2CCC3(CC2)OOC2(CCCCC2)OO3)cc1CN1CCC(N2CCOCC2)CC1. The van der Waals surface area contributed by atoms with Gasteiger partial charge in [-0.2, -0.15) is 19.6 Å². The van der Waals surface area contributed by atoms with Gasteiger partial charge in [0.25, 0.3) is 0 Å². The Balaban J connectivity index is 1.01. The van der Waals surface area contributed by atoms with E-state index < -0.39 is 11.6 Å². The molecule has 36 heavy (non-hydrogen) atoms. The molecule has 2 saturated carbocycles. The lowest BCUT2D eigenvalue weighted by Crippen LogP contribution is -2.52. The fourth-order valence-electron chi connectivity index (χ4n) is 6.76. The summed E-state index contributed by atoms with van der Waals surface area (Å²) in [6.45, 7) is 6.81. The summed E-state index contributed by atoms with van der Waals surface area (Å²) < 4.78 is 5.52. The zero-order valence-electron chi connectivity index (χ0n) is 21.5. The predicted molar refractivity (Wildman–Crippen MR) is 133 cm³/mol. The third-order valence-corrected chi connectivity index (χ3v) is 9.14. The van der Waals surface area contributed by atoms with E-state index in [0.717, 1.165) is 103 Å². The molecule has 3 aliphatic heterocycles. The van der Waals surface area contributed by atoms with Crippen molar-refractivity contribution < 1.29 is 29.4 Å². The number of rotatable bonds is 4. The largest absolute Gasteiger partial charge is 0.508 e. The summed E-state index contributed by atoms with van der Waals surface area (Å²) in [6, 6.07) is 6.85. The number of benzene rings is 1. The quantitative estimate of drug-likeness (QED) is 0.599. The molecule has 6 rings (SSSR count). The van der Waals surface area contributed by atoms with Gasteiger partial charge >= 0.3 is 0 Å². The van der Waals surface area contributed by atoms with Crippen LogP contribution in [0, 0.1) is 0 Å². The van der Waals surface area contributed by atoms with Crippen molar-refractivity contribution in [2.75, 3.05) is 39.4 Å². The van der Waals surface area contributed by atoms with Gasteiger partial charge < -0.3 is 9.84 Å². The van der Waals surface area contributed by atoms with Crippen LogP contribution in [0.25, 0.3) is 0 Å². The highest BCUT2D eigenvalue weighted by molar-refractivity contribution is 5.38. The van der Waals surface area contributed by atoms with Crippen LogP contribution in [-0.4, -0.2) is 71.9 Å². The van der Waals surface area contributed by atoms with Crippen LogP contribution in [0.2, 0.25) is 0 Å². The van der Waals surface area contributed by atoms with Gasteiger partial charge in [0.15, 0.2) is 0 Å². The topological polar surface area (TPSA) is 72.9 Å². The minimum Gasteiger partial charge on any atom is -0.508 e. The minimum atomic E-state index is -0.788. The molecule has 200 valence electrons. The minimum absolute atomic E-state index is 0.403. The molecule has 2 spiro atoms. The van der Waals surface area contributed by atoms with Gasteiger partial charge in [-0.05, 0) is 69.2 Å². The van der Waals surface area contributed by atoms with E-state index >= 15 is 0 Å². The molecular weight excluding hydrogens is 460 g/mol. The zero-order valence-corrected chi connectivity index (χ0v) is 21.5. The first kappa shape index (κ1) is 25.0. The monoisotopic (exact) mass is 502 g/mol. The van der Waals surface area contributed by atoms with Gasteiger partial charge in [-0.3, -0.25) is 9.80 Å². The van der Waals surface area contributed by atoms with Crippen molar-refractivity contribution in [3.63, 3.8) is 0 Å². The second-order valence-corrected chi connectivity index (χ2v) is 11.5. The number of phenolic OH excluding ortho intramolecular Hbond substituents is 1. The highest BCUT2D eigenvalue weighted by atomic mass is 17.4. The molecule has 8 nitrogen and oxygen atoms in total. The molecule has 5 fully saturated rings. The van der Waals surface area contributed by atoms with Crippen molar-refractivity contribution in [3.8, 4) is 5.75 Å². The van der Waals surface area contributed by atoms with Crippen molar-refractivity contribution in [2.45, 2.75) is 101 Å². The number of morpholine rings is 1. The second-order valence-electron chi connectivity index (χ2n) is 11.5. The number of ether oxygens (including phenoxy) is 1. The van der Waals surface area contributed by atoms with Crippen molar-refractivity contribution >= 4 is 0 Å². The van der Waals surface area contributed by atoms with Gasteiger partial charge in [-0.15, -0.1) is 0 Å². The number of phenols is 1. The lowest BCUT2D eigenvalue weighted by molar-refractivity contribution is -0.662. The summed E-state index contributed by atoms with van der Waals surface area (Å²) >= 11 is 0. The standard InChI is InChI=1S/C28H42N2O6/c31-26-5-4-23(20-24(26)21-29-14-8-25(9-15-29)30-16-18-32-19-17-30)22-6-12-28(13-7-22)35-33-27(34-36-28)10-2-1-3-11-27/h4-5,20,22,25,31H,1-3,6-19,21H2. The highest BCUT2D eigenvalue weighted by Crippen LogP contribution is 2.47. The Bertz CT molecular complexity index is 857. The molecule has 2 aliphatic carbocycles. The molecule has 0 radical (unpaired) electrons. The van der Waals surface area contributed by atoms with Gasteiger partial charge in [-0.25, -0.2) is 0 Å². The van der Waals surface area contributed by atoms with Crippen LogP contribution in [0.3, 0.4) is 0 Å². The number of hydrogen-bond acceptors (Lipinski definition) is 8. The third kappa shape index (κ3) is 5.46. The molecule has 3 saturated heterocycles. The predicted octanol–water partition coefficient (Wildman–Crippen LogP) is 4.61. The lowest BCUT2D eigenvalue weighted by Gasteiger charge is -2.46. The van der Waals surface area contributed by atoms with Crippen LogP contribution in [0.5, 0.6) is 5.75 Å². The molecule has 1 aromatic rings. The molecule has 1 N–H and O–H groups in total. The molecular formula is C28H42N2O6. The molecule has 3 heterocycles. The van der Waals surface area contributed by atoms with Crippen molar-refractivity contribution in [2.24, 2.45) is 0 Å². The molecule has 0 unspecified atom stereocenters. The maximum atomic E-state index is 10.6. The lowest BCUT2D eigenvalue weighted by atomic mass is 9.80. The van der Waals surface area contributed by atoms with E-state index in [9.17, 15) is 5.11 Å².